The van der Waals surface area contributed by atoms with Gasteiger partial charge in [0.25, 0.3) is 0 Å². The molecule has 2 saturated carbocycles. The van der Waals surface area contributed by atoms with Gasteiger partial charge >= 0.3 is 5.97 Å². The summed E-state index contributed by atoms with van der Waals surface area (Å²) >= 11 is 0. The van der Waals surface area contributed by atoms with Crippen LogP contribution in [0.4, 0.5) is 0 Å². The first-order valence-corrected chi connectivity index (χ1v) is 13.5. The second kappa shape index (κ2) is 8.70. The summed E-state index contributed by atoms with van der Waals surface area (Å²) in [7, 11) is 0. The molecule has 0 aromatic carbocycles. The molecule has 0 aliphatic heterocycles. The van der Waals surface area contributed by atoms with Gasteiger partial charge < -0.3 is 15.3 Å². The standard InChI is InChI=1S/C30H42O7/c1-15(10-17(31)11-16(2)26(36)37)18-12-23(35)30(7)25-19(32)13-21-27(3,4)22(34)8-9-28(21,5)24(25)20(33)14-29(18,30)6/h10,16-19,21,31-32H,8-9,11-14H2,1-7H3,(H,36,37)/b15-10+/t16-,17-,18+,19-,21-,28-,29+,30-/m0/s1. The van der Waals surface area contributed by atoms with E-state index in [9.17, 15) is 34.5 Å². The van der Waals surface area contributed by atoms with Gasteiger partial charge in [-0.3, -0.25) is 19.2 Å². The van der Waals surface area contributed by atoms with E-state index in [2.05, 4.69) is 0 Å². The summed E-state index contributed by atoms with van der Waals surface area (Å²) in [5, 5.41) is 31.3. The number of aliphatic hydroxyl groups excluding tert-OH is 2. The summed E-state index contributed by atoms with van der Waals surface area (Å²) in [6.45, 7) is 13.1. The molecular formula is C30H42O7. The SMILES string of the molecule is C/C(=C\[C@H](O)C[C@H](C)C(=O)O)[C@H]1CC(=O)[C@@]2(C)C3=C(C(=O)C[C@]12C)[C@@]1(C)CCC(=O)C(C)(C)[C@@H]1C[C@@H]3O. The lowest BCUT2D eigenvalue weighted by Crippen LogP contribution is -2.59. The Morgan fingerprint density at radius 2 is 1.73 bits per heavy atom. The van der Waals surface area contributed by atoms with Gasteiger partial charge in [-0.15, -0.1) is 0 Å². The maximum Gasteiger partial charge on any atom is 0.306 e. The highest BCUT2D eigenvalue weighted by Crippen LogP contribution is 2.70. The summed E-state index contributed by atoms with van der Waals surface area (Å²) < 4.78 is 0. The van der Waals surface area contributed by atoms with Crippen molar-refractivity contribution in [3.8, 4) is 0 Å². The van der Waals surface area contributed by atoms with Gasteiger partial charge in [0.2, 0.25) is 0 Å². The average Bonchev–Trinajstić information content (AvgIpc) is 2.99. The number of fused-ring (bicyclic) bond motifs is 4. The van der Waals surface area contributed by atoms with Crippen molar-refractivity contribution >= 4 is 23.3 Å². The summed E-state index contributed by atoms with van der Waals surface area (Å²) in [4.78, 5) is 52.0. The van der Waals surface area contributed by atoms with Crippen LogP contribution in [0.25, 0.3) is 0 Å². The Bertz CT molecular complexity index is 1130. The third-order valence-electron chi connectivity index (χ3n) is 11.1. The molecule has 0 aromatic rings. The zero-order chi connectivity index (χ0) is 27.9. The van der Waals surface area contributed by atoms with Crippen LogP contribution < -0.4 is 0 Å². The van der Waals surface area contributed by atoms with E-state index in [0.29, 0.717) is 30.4 Å². The summed E-state index contributed by atoms with van der Waals surface area (Å²) in [5.74, 6) is -2.13. The first-order valence-electron chi connectivity index (χ1n) is 13.5. The number of hydrogen-bond donors (Lipinski definition) is 3. The average molecular weight is 515 g/mol. The van der Waals surface area contributed by atoms with Crippen LogP contribution >= 0.6 is 0 Å². The molecule has 37 heavy (non-hydrogen) atoms. The second-order valence-electron chi connectivity index (χ2n) is 13.4. The second-order valence-corrected chi connectivity index (χ2v) is 13.4. The minimum Gasteiger partial charge on any atom is -0.481 e. The van der Waals surface area contributed by atoms with Gasteiger partial charge in [-0.1, -0.05) is 46.3 Å². The molecule has 3 N–H and O–H groups in total. The topological polar surface area (TPSA) is 129 Å². The van der Waals surface area contributed by atoms with E-state index < -0.39 is 45.8 Å². The molecule has 0 unspecified atom stereocenters. The third-order valence-corrected chi connectivity index (χ3v) is 11.1. The quantitative estimate of drug-likeness (QED) is 0.472. The van der Waals surface area contributed by atoms with Crippen molar-refractivity contribution in [3.05, 3.63) is 22.8 Å². The molecule has 2 fully saturated rings. The zero-order valence-corrected chi connectivity index (χ0v) is 23.2. The molecule has 204 valence electrons. The molecule has 7 heteroatoms. The van der Waals surface area contributed by atoms with Crippen molar-refractivity contribution < 1.29 is 34.5 Å². The third kappa shape index (κ3) is 3.75. The van der Waals surface area contributed by atoms with Crippen LogP contribution in [-0.4, -0.2) is 50.8 Å². The van der Waals surface area contributed by atoms with Crippen LogP contribution in [-0.2, 0) is 19.2 Å². The summed E-state index contributed by atoms with van der Waals surface area (Å²) in [5.41, 5.74) is -1.20. The number of aliphatic hydroxyl groups is 2. The van der Waals surface area contributed by atoms with Crippen molar-refractivity contribution in [1.82, 2.24) is 0 Å². The molecule has 0 aromatic heterocycles. The van der Waals surface area contributed by atoms with Gasteiger partial charge in [0.05, 0.1) is 23.5 Å². The van der Waals surface area contributed by atoms with Crippen LogP contribution in [0.3, 0.4) is 0 Å². The number of carbonyl (C=O) groups is 4. The Kier molecular flexibility index (Phi) is 6.56. The van der Waals surface area contributed by atoms with Gasteiger partial charge in [0.15, 0.2) is 5.78 Å². The molecule has 0 amide bonds. The molecule has 4 aliphatic carbocycles. The minimum absolute atomic E-state index is 0.0200. The number of aliphatic carboxylic acids is 1. The Labute approximate surface area is 219 Å². The molecular weight excluding hydrogens is 472 g/mol. The highest BCUT2D eigenvalue weighted by atomic mass is 16.4. The lowest BCUT2D eigenvalue weighted by atomic mass is 9.42. The Hall–Kier alpha value is -2.12. The summed E-state index contributed by atoms with van der Waals surface area (Å²) in [6, 6.07) is 0. The Morgan fingerprint density at radius 1 is 1.11 bits per heavy atom. The largest absolute Gasteiger partial charge is 0.481 e. The van der Waals surface area contributed by atoms with E-state index in [1.807, 2.05) is 41.5 Å². The number of carboxylic acid groups (broad SMARTS) is 1. The molecule has 8 atom stereocenters. The number of ketones is 3. The monoisotopic (exact) mass is 514 g/mol. The van der Waals surface area contributed by atoms with E-state index in [0.717, 1.165) is 5.57 Å². The highest BCUT2D eigenvalue weighted by Gasteiger charge is 2.70. The van der Waals surface area contributed by atoms with E-state index in [1.54, 1.807) is 13.0 Å². The smallest absolute Gasteiger partial charge is 0.306 e. The van der Waals surface area contributed by atoms with Crippen LogP contribution in [0, 0.1) is 39.4 Å². The van der Waals surface area contributed by atoms with Gasteiger partial charge in [-0.25, -0.2) is 0 Å². The Morgan fingerprint density at radius 3 is 2.32 bits per heavy atom. The van der Waals surface area contributed by atoms with Crippen LogP contribution in [0.2, 0.25) is 0 Å². The van der Waals surface area contributed by atoms with Gasteiger partial charge in [0.1, 0.15) is 11.6 Å². The lowest BCUT2D eigenvalue weighted by Gasteiger charge is -2.60. The van der Waals surface area contributed by atoms with Crippen LogP contribution in [0.1, 0.15) is 87.0 Å². The zero-order valence-electron chi connectivity index (χ0n) is 23.2. The first kappa shape index (κ1) is 27.9. The molecule has 0 spiro atoms. The molecule has 0 bridgehead atoms. The van der Waals surface area contributed by atoms with Crippen molar-refractivity contribution in [2.75, 3.05) is 0 Å². The van der Waals surface area contributed by atoms with E-state index >= 15 is 0 Å². The maximum atomic E-state index is 14.0. The Balaban J connectivity index is 1.80. The fourth-order valence-electron chi connectivity index (χ4n) is 8.66. The van der Waals surface area contributed by atoms with Gasteiger partial charge in [-0.05, 0) is 55.9 Å². The molecule has 0 radical (unpaired) electrons. The number of allylic oxidation sites excluding steroid dienone is 2. The lowest BCUT2D eigenvalue weighted by molar-refractivity contribution is -0.146. The number of Topliss-reactive ketones (excluding diaryl/α,β-unsaturated/α-hetero) is 3. The van der Waals surface area contributed by atoms with Crippen LogP contribution in [0.5, 0.6) is 0 Å². The number of hydrogen-bond acceptors (Lipinski definition) is 6. The number of carboxylic acids is 1. The first-order chi connectivity index (χ1) is 16.9. The predicted octanol–water partition coefficient (Wildman–Crippen LogP) is 4.05. The molecule has 7 nitrogen and oxygen atoms in total. The van der Waals surface area contributed by atoms with Crippen LogP contribution in [0.15, 0.2) is 22.8 Å². The highest BCUT2D eigenvalue weighted by molar-refractivity contribution is 6.05. The molecule has 4 rings (SSSR count). The van der Waals surface area contributed by atoms with Gasteiger partial charge in [0, 0.05) is 35.7 Å². The fourth-order valence-corrected chi connectivity index (χ4v) is 8.66. The van der Waals surface area contributed by atoms with Gasteiger partial charge in [-0.2, -0.15) is 0 Å². The van der Waals surface area contributed by atoms with E-state index in [4.69, 9.17) is 0 Å². The maximum absolute atomic E-state index is 14.0. The van der Waals surface area contributed by atoms with E-state index in [-0.39, 0.29) is 48.4 Å². The summed E-state index contributed by atoms with van der Waals surface area (Å²) in [6.07, 6.45) is 1.31. The number of carbonyl (C=O) groups excluding carboxylic acids is 3. The van der Waals surface area contributed by atoms with Crippen molar-refractivity contribution in [2.24, 2.45) is 39.4 Å². The molecule has 0 saturated heterocycles. The minimum atomic E-state index is -1.05. The van der Waals surface area contributed by atoms with Crippen molar-refractivity contribution in [2.45, 2.75) is 99.2 Å². The predicted molar refractivity (Wildman–Crippen MR) is 137 cm³/mol. The number of rotatable bonds is 5. The molecule has 4 aliphatic rings. The van der Waals surface area contributed by atoms with Crippen molar-refractivity contribution in [3.63, 3.8) is 0 Å². The normalized spacial score (nSPS) is 41.2. The van der Waals surface area contributed by atoms with E-state index in [1.165, 1.54) is 0 Å². The van der Waals surface area contributed by atoms with Crippen molar-refractivity contribution in [1.29, 1.82) is 0 Å². The molecule has 0 heterocycles. The fraction of sp³-hybridized carbons (Fsp3) is 0.733.